The molecule has 0 bridgehead atoms. The van der Waals surface area contributed by atoms with Crippen LogP contribution in [0.5, 0.6) is 0 Å². The molecular formula is C23H32O4. The highest BCUT2D eigenvalue weighted by molar-refractivity contribution is 5.77. The summed E-state index contributed by atoms with van der Waals surface area (Å²) in [5.74, 6) is 0.0563. The smallest absolute Gasteiger partial charge is 0.311 e. The number of esters is 2. The molecule has 0 amide bonds. The molecule has 2 aliphatic rings. The van der Waals surface area contributed by atoms with Gasteiger partial charge in [-0.25, -0.2) is 0 Å². The van der Waals surface area contributed by atoms with Gasteiger partial charge in [0, 0.05) is 6.92 Å². The third-order valence-corrected chi connectivity index (χ3v) is 7.04. The molecule has 3 rings (SSSR count). The third kappa shape index (κ3) is 3.17. The lowest BCUT2D eigenvalue weighted by atomic mass is 9.49. The maximum atomic E-state index is 12.7. The van der Waals surface area contributed by atoms with Crippen LogP contribution in [-0.4, -0.2) is 19.0 Å². The van der Waals surface area contributed by atoms with Crippen LogP contribution in [0.25, 0.3) is 0 Å². The van der Waals surface area contributed by atoms with Crippen molar-refractivity contribution < 1.29 is 19.1 Å². The number of fused-ring (bicyclic) bond motifs is 3. The van der Waals surface area contributed by atoms with Crippen molar-refractivity contribution in [3.63, 3.8) is 0 Å². The van der Waals surface area contributed by atoms with Crippen LogP contribution >= 0.6 is 0 Å². The summed E-state index contributed by atoms with van der Waals surface area (Å²) in [6.45, 7) is 10.1. The van der Waals surface area contributed by atoms with Crippen LogP contribution in [0.4, 0.5) is 0 Å². The van der Waals surface area contributed by atoms with Gasteiger partial charge < -0.3 is 9.47 Å². The minimum atomic E-state index is -0.561. The number of hydrogen-bond acceptors (Lipinski definition) is 4. The van der Waals surface area contributed by atoms with Crippen molar-refractivity contribution in [2.75, 3.05) is 7.11 Å². The molecule has 1 aromatic rings. The molecule has 4 nitrogen and oxygen atoms in total. The first-order valence-electron chi connectivity index (χ1n) is 10.0. The number of carbonyl (C=O) groups excluding carboxylic acids is 2. The Hall–Kier alpha value is -1.84. The van der Waals surface area contributed by atoms with E-state index in [2.05, 4.69) is 39.0 Å². The fraction of sp³-hybridized carbons (Fsp3) is 0.652. The summed E-state index contributed by atoms with van der Waals surface area (Å²) in [6.07, 6.45) is 3.19. The monoisotopic (exact) mass is 372 g/mol. The molecule has 0 unspecified atom stereocenters. The molecule has 27 heavy (non-hydrogen) atoms. The Morgan fingerprint density at radius 1 is 1.19 bits per heavy atom. The molecule has 4 atom stereocenters. The Bertz CT molecular complexity index is 753. The van der Waals surface area contributed by atoms with Crippen molar-refractivity contribution in [1.29, 1.82) is 0 Å². The van der Waals surface area contributed by atoms with Gasteiger partial charge in [0.25, 0.3) is 0 Å². The van der Waals surface area contributed by atoms with Crippen molar-refractivity contribution in [2.24, 2.45) is 11.3 Å². The first-order valence-corrected chi connectivity index (χ1v) is 10.0. The SMILES string of the molecule is COC(=O)[C@@]1(C)CCC[C@]2(C)c3ccc(C(C)C)cc3[C@H](OC(C)=O)C[C@H]12. The van der Waals surface area contributed by atoms with Crippen LogP contribution in [-0.2, 0) is 24.5 Å². The second-order valence-corrected chi connectivity index (χ2v) is 9.07. The number of hydrogen-bond donors (Lipinski definition) is 0. The Morgan fingerprint density at radius 2 is 1.89 bits per heavy atom. The van der Waals surface area contributed by atoms with E-state index in [4.69, 9.17) is 9.47 Å². The van der Waals surface area contributed by atoms with E-state index in [9.17, 15) is 9.59 Å². The first kappa shape index (κ1) is 19.9. The molecule has 0 radical (unpaired) electrons. The van der Waals surface area contributed by atoms with E-state index in [0.717, 1.165) is 24.8 Å². The van der Waals surface area contributed by atoms with Gasteiger partial charge in [-0.15, -0.1) is 0 Å². The number of rotatable bonds is 3. The summed E-state index contributed by atoms with van der Waals surface area (Å²) in [5.41, 5.74) is 2.91. The van der Waals surface area contributed by atoms with Crippen molar-refractivity contribution in [3.05, 3.63) is 34.9 Å². The fourth-order valence-corrected chi connectivity index (χ4v) is 5.57. The zero-order chi connectivity index (χ0) is 20.0. The molecule has 0 saturated heterocycles. The molecule has 148 valence electrons. The van der Waals surface area contributed by atoms with Crippen LogP contribution in [0.1, 0.15) is 89.0 Å². The number of ether oxygens (including phenoxy) is 2. The Balaban J connectivity index is 2.16. The van der Waals surface area contributed by atoms with Gasteiger partial charge >= 0.3 is 11.9 Å². The highest BCUT2D eigenvalue weighted by Crippen LogP contribution is 2.60. The lowest BCUT2D eigenvalue weighted by molar-refractivity contribution is -0.165. The zero-order valence-electron chi connectivity index (χ0n) is 17.4. The third-order valence-electron chi connectivity index (χ3n) is 7.04. The molecule has 1 fully saturated rings. The second-order valence-electron chi connectivity index (χ2n) is 9.07. The summed E-state index contributed by atoms with van der Waals surface area (Å²) in [6, 6.07) is 6.60. The fourth-order valence-electron chi connectivity index (χ4n) is 5.57. The Morgan fingerprint density at radius 3 is 2.48 bits per heavy atom. The number of methoxy groups -OCH3 is 1. The molecule has 1 aromatic carbocycles. The van der Waals surface area contributed by atoms with Gasteiger partial charge in [0.05, 0.1) is 12.5 Å². The Labute approximate surface area is 162 Å². The first-order chi connectivity index (χ1) is 12.6. The molecule has 0 heterocycles. The zero-order valence-corrected chi connectivity index (χ0v) is 17.4. The van der Waals surface area contributed by atoms with E-state index < -0.39 is 5.41 Å². The molecular weight excluding hydrogens is 340 g/mol. The molecule has 0 aromatic heterocycles. The van der Waals surface area contributed by atoms with E-state index in [1.54, 1.807) is 0 Å². The van der Waals surface area contributed by atoms with E-state index in [-0.39, 0.29) is 29.4 Å². The van der Waals surface area contributed by atoms with Gasteiger partial charge in [0.15, 0.2) is 0 Å². The largest absolute Gasteiger partial charge is 0.469 e. The molecule has 0 N–H and O–H groups in total. The van der Waals surface area contributed by atoms with Crippen molar-refractivity contribution in [1.82, 2.24) is 0 Å². The maximum absolute atomic E-state index is 12.7. The van der Waals surface area contributed by atoms with E-state index >= 15 is 0 Å². The van der Waals surface area contributed by atoms with Crippen molar-refractivity contribution >= 4 is 11.9 Å². The number of benzene rings is 1. The van der Waals surface area contributed by atoms with Crippen molar-refractivity contribution in [2.45, 2.75) is 77.7 Å². The molecule has 1 saturated carbocycles. The van der Waals surface area contributed by atoms with Gasteiger partial charge in [0.2, 0.25) is 0 Å². The minimum Gasteiger partial charge on any atom is -0.469 e. The average Bonchev–Trinajstić information content (AvgIpc) is 2.61. The van der Waals surface area contributed by atoms with Gasteiger partial charge in [-0.1, -0.05) is 45.4 Å². The molecule has 0 aliphatic heterocycles. The lowest BCUT2D eigenvalue weighted by Crippen LogP contribution is -2.53. The highest BCUT2D eigenvalue weighted by atomic mass is 16.5. The minimum absolute atomic E-state index is 0.0768. The van der Waals surface area contributed by atoms with Crippen LogP contribution < -0.4 is 0 Å². The molecule has 4 heteroatoms. The topological polar surface area (TPSA) is 52.6 Å². The number of carbonyl (C=O) groups is 2. The van der Waals surface area contributed by atoms with E-state index in [0.29, 0.717) is 12.3 Å². The summed E-state index contributed by atoms with van der Waals surface area (Å²) in [5, 5.41) is 0. The van der Waals surface area contributed by atoms with Gasteiger partial charge in [-0.2, -0.15) is 0 Å². The molecule has 0 spiro atoms. The predicted octanol–water partition coefficient (Wildman–Crippen LogP) is 5.06. The van der Waals surface area contributed by atoms with E-state index in [1.165, 1.54) is 25.2 Å². The van der Waals surface area contributed by atoms with Crippen molar-refractivity contribution in [3.8, 4) is 0 Å². The summed E-state index contributed by atoms with van der Waals surface area (Å²) < 4.78 is 11.0. The molecule has 2 aliphatic carbocycles. The van der Waals surface area contributed by atoms with Gasteiger partial charge in [-0.3, -0.25) is 9.59 Å². The summed E-state index contributed by atoms with van der Waals surface area (Å²) >= 11 is 0. The average molecular weight is 373 g/mol. The standard InChI is InChI=1S/C23H32O4/c1-14(2)16-8-9-18-17(12-16)19(27-15(3)24)13-20-22(18,4)10-7-11-23(20,5)21(25)26-6/h8-9,12,14,19-20H,7,10-11,13H2,1-6H3/t19-,20+,22-,23+/m1/s1. The van der Waals surface area contributed by atoms with Gasteiger partial charge in [-0.05, 0) is 60.1 Å². The normalized spacial score (nSPS) is 32.4. The van der Waals surface area contributed by atoms with E-state index in [1.807, 2.05) is 6.92 Å². The quantitative estimate of drug-likeness (QED) is 0.696. The van der Waals surface area contributed by atoms with Crippen LogP contribution in [0.15, 0.2) is 18.2 Å². The lowest BCUT2D eigenvalue weighted by Gasteiger charge is -2.55. The Kier molecular flexibility index (Phi) is 5.13. The summed E-state index contributed by atoms with van der Waals surface area (Å²) in [7, 11) is 1.47. The van der Waals surface area contributed by atoms with Gasteiger partial charge in [0.1, 0.15) is 6.10 Å². The maximum Gasteiger partial charge on any atom is 0.311 e. The van der Waals surface area contributed by atoms with Crippen LogP contribution in [0.3, 0.4) is 0 Å². The van der Waals surface area contributed by atoms with Crippen LogP contribution in [0, 0.1) is 11.3 Å². The second kappa shape index (κ2) is 6.96. The predicted molar refractivity (Wildman–Crippen MR) is 104 cm³/mol. The van der Waals surface area contributed by atoms with Crippen LogP contribution in [0.2, 0.25) is 0 Å². The summed E-state index contributed by atoms with van der Waals surface area (Å²) in [4.78, 5) is 24.6. The highest BCUT2D eigenvalue weighted by Gasteiger charge is 2.57.